The summed E-state index contributed by atoms with van der Waals surface area (Å²) in [7, 11) is 0. The molecule has 0 spiro atoms. The van der Waals surface area contributed by atoms with Crippen LogP contribution in [0.2, 0.25) is 0 Å². The highest BCUT2D eigenvalue weighted by atomic mass is 35.5. The monoisotopic (exact) mass is 463 g/mol. The van der Waals surface area contributed by atoms with Gasteiger partial charge in [0.25, 0.3) is 0 Å². The molecule has 0 saturated carbocycles. The van der Waals surface area contributed by atoms with Crippen molar-refractivity contribution in [3.05, 3.63) is 70.2 Å². The van der Waals surface area contributed by atoms with Crippen LogP contribution in [0.25, 0.3) is 5.57 Å². The molecule has 2 aliphatic rings. The van der Waals surface area contributed by atoms with Crippen LogP contribution in [0.15, 0.2) is 47.7 Å². The van der Waals surface area contributed by atoms with Gasteiger partial charge in [-0.15, -0.1) is 23.2 Å². The lowest BCUT2D eigenvalue weighted by molar-refractivity contribution is -0.363. The third-order valence-electron chi connectivity index (χ3n) is 6.16. The first-order valence-electron chi connectivity index (χ1n) is 10.5. The van der Waals surface area contributed by atoms with Gasteiger partial charge in [-0.3, -0.25) is 0 Å². The van der Waals surface area contributed by atoms with Gasteiger partial charge in [0.15, 0.2) is 5.70 Å². The predicted octanol–water partition coefficient (Wildman–Crippen LogP) is 5.82. The van der Waals surface area contributed by atoms with Gasteiger partial charge in [-0.05, 0) is 55.8 Å². The van der Waals surface area contributed by atoms with Crippen LogP contribution in [0.4, 0.5) is 14.3 Å². The first-order valence-corrected chi connectivity index (χ1v) is 11.5. The molecule has 4 rings (SSSR count). The lowest BCUT2D eigenvalue weighted by Crippen LogP contribution is -2.51. The topological polar surface area (TPSA) is 11.2 Å². The Labute approximate surface area is 192 Å². The molecule has 0 saturated heterocycles. The number of anilines is 1. The molecule has 31 heavy (non-hydrogen) atoms. The van der Waals surface area contributed by atoms with Gasteiger partial charge in [-0.2, -0.15) is 0 Å². The number of hydrogen-bond donors (Lipinski definition) is 0. The van der Waals surface area contributed by atoms with E-state index in [4.69, 9.17) is 23.2 Å². The standard InChI is InChI=1S/C23H26BCl2F2N3/c1-15-13-17(3)30-22(15)21(23-16(2)14-18(4)31(23)24(30,27)28)19-5-7-20(8-6-19)29(11-9-25)12-10-26/h5-8,13-14H,9-12H2,1-4H3. The summed E-state index contributed by atoms with van der Waals surface area (Å²) in [6.45, 7) is 4.74. The average molecular weight is 464 g/mol. The SMILES string of the molecule is CC1=CC(C)=[N+]2C1=C(c1ccc(N(CCCl)CCCl)cc1)c1c(C)cc(C)n1[B-]2(F)F. The number of halogens is 4. The molecule has 0 unspecified atom stereocenters. The Bertz CT molecular complexity index is 1120. The zero-order chi connectivity index (χ0) is 22.5. The van der Waals surface area contributed by atoms with Crippen molar-refractivity contribution in [2.24, 2.45) is 0 Å². The quantitative estimate of drug-likeness (QED) is 0.388. The Balaban J connectivity index is 1.92. The second kappa shape index (κ2) is 8.14. The van der Waals surface area contributed by atoms with Crippen LogP contribution in [-0.2, 0) is 0 Å². The summed E-state index contributed by atoms with van der Waals surface area (Å²) in [4.78, 5) is 2.13. The van der Waals surface area contributed by atoms with E-state index in [1.54, 1.807) is 13.8 Å². The first kappa shape index (κ1) is 22.2. The molecular weight excluding hydrogens is 438 g/mol. The molecule has 3 heterocycles. The van der Waals surface area contributed by atoms with Crippen molar-refractivity contribution in [1.29, 1.82) is 0 Å². The molecule has 2 aliphatic heterocycles. The van der Waals surface area contributed by atoms with Crippen LogP contribution in [0, 0.1) is 13.8 Å². The van der Waals surface area contributed by atoms with E-state index in [9.17, 15) is 0 Å². The Morgan fingerprint density at radius 2 is 1.61 bits per heavy atom. The molecule has 164 valence electrons. The maximum atomic E-state index is 15.7. The molecule has 8 heteroatoms. The van der Waals surface area contributed by atoms with Gasteiger partial charge in [0.2, 0.25) is 0 Å². The number of allylic oxidation sites excluding steroid dienone is 2. The molecule has 2 aromatic rings. The van der Waals surface area contributed by atoms with E-state index in [-0.39, 0.29) is 0 Å². The molecule has 3 nitrogen and oxygen atoms in total. The zero-order valence-corrected chi connectivity index (χ0v) is 19.7. The highest BCUT2D eigenvalue weighted by Gasteiger charge is 2.55. The fraction of sp³-hybridized carbons (Fsp3) is 0.348. The minimum absolute atomic E-state index is 0.505. The highest BCUT2D eigenvalue weighted by molar-refractivity contribution is 6.58. The molecule has 1 aromatic carbocycles. The first-order chi connectivity index (χ1) is 14.7. The van der Waals surface area contributed by atoms with E-state index in [0.29, 0.717) is 47.6 Å². The summed E-state index contributed by atoms with van der Waals surface area (Å²) >= 11 is 11.9. The molecule has 1 aromatic heterocycles. The number of hydrogen-bond acceptors (Lipinski definition) is 1. The van der Waals surface area contributed by atoms with E-state index in [1.807, 2.05) is 50.3 Å². The summed E-state index contributed by atoms with van der Waals surface area (Å²) < 4.78 is 33.9. The van der Waals surface area contributed by atoms with E-state index < -0.39 is 6.97 Å². The lowest BCUT2D eigenvalue weighted by atomic mass is 9.84. The van der Waals surface area contributed by atoms with Crippen molar-refractivity contribution < 1.29 is 13.1 Å². The Morgan fingerprint density at radius 1 is 1.00 bits per heavy atom. The second-order valence-electron chi connectivity index (χ2n) is 8.25. The normalized spacial score (nSPS) is 17.1. The van der Waals surface area contributed by atoms with Gasteiger partial charge in [-0.1, -0.05) is 12.1 Å². The summed E-state index contributed by atoms with van der Waals surface area (Å²) in [6.07, 6.45) is 1.85. The molecule has 0 atom stereocenters. The van der Waals surface area contributed by atoms with Crippen LogP contribution >= 0.6 is 23.2 Å². The van der Waals surface area contributed by atoms with Crippen molar-refractivity contribution in [3.63, 3.8) is 0 Å². The van der Waals surface area contributed by atoms with Gasteiger partial charge >= 0.3 is 6.97 Å². The number of nitrogens with zero attached hydrogens (tertiary/aromatic N) is 3. The number of fused-ring (bicyclic) bond motifs is 2. The Kier molecular flexibility index (Phi) is 5.82. The predicted molar refractivity (Wildman–Crippen MR) is 128 cm³/mol. The third-order valence-corrected chi connectivity index (χ3v) is 6.50. The minimum Gasteiger partial charge on any atom is -0.393 e. The second-order valence-corrected chi connectivity index (χ2v) is 9.01. The van der Waals surface area contributed by atoms with Crippen LogP contribution < -0.4 is 4.90 Å². The molecule has 0 fully saturated rings. The number of benzene rings is 1. The zero-order valence-electron chi connectivity index (χ0n) is 18.2. The number of rotatable bonds is 6. The van der Waals surface area contributed by atoms with Crippen molar-refractivity contribution >= 4 is 47.1 Å². The highest BCUT2D eigenvalue weighted by Crippen LogP contribution is 2.44. The molecule has 0 radical (unpaired) electrons. The van der Waals surface area contributed by atoms with Crippen LogP contribution in [0.5, 0.6) is 0 Å². The smallest absolute Gasteiger partial charge is 0.393 e. The minimum atomic E-state index is -3.96. The van der Waals surface area contributed by atoms with Crippen molar-refractivity contribution in [2.75, 3.05) is 29.7 Å². The molecule has 0 N–H and O–H groups in total. The summed E-state index contributed by atoms with van der Waals surface area (Å²) in [5.74, 6) is 1.01. The number of aromatic nitrogens is 1. The van der Waals surface area contributed by atoms with Crippen molar-refractivity contribution in [2.45, 2.75) is 27.7 Å². The summed E-state index contributed by atoms with van der Waals surface area (Å²) in [5.41, 5.74) is 6.82. The van der Waals surface area contributed by atoms with Crippen LogP contribution in [0.3, 0.4) is 0 Å². The van der Waals surface area contributed by atoms with Crippen molar-refractivity contribution in [3.8, 4) is 0 Å². The molecular formula is C23H26BCl2F2N3. The van der Waals surface area contributed by atoms with Gasteiger partial charge in [0, 0.05) is 54.8 Å². The molecule has 0 aliphatic carbocycles. The summed E-state index contributed by atoms with van der Waals surface area (Å²) in [6, 6.07) is 9.90. The van der Waals surface area contributed by atoms with Gasteiger partial charge in [0.1, 0.15) is 5.71 Å². The third kappa shape index (κ3) is 3.44. The van der Waals surface area contributed by atoms with E-state index in [2.05, 4.69) is 4.90 Å². The molecule has 0 amide bonds. The van der Waals surface area contributed by atoms with Gasteiger partial charge in [-0.25, -0.2) is 0 Å². The van der Waals surface area contributed by atoms with E-state index in [1.165, 1.54) is 8.96 Å². The Hall–Kier alpha value is -2.05. The number of alkyl halides is 2. The van der Waals surface area contributed by atoms with E-state index in [0.717, 1.165) is 28.0 Å². The summed E-state index contributed by atoms with van der Waals surface area (Å²) in [5, 5.41) is 0. The fourth-order valence-corrected chi connectivity index (χ4v) is 5.39. The van der Waals surface area contributed by atoms with Crippen LogP contribution in [-0.4, -0.2) is 46.5 Å². The Morgan fingerprint density at radius 3 is 2.19 bits per heavy atom. The van der Waals surface area contributed by atoms with Gasteiger partial charge < -0.3 is 22.5 Å². The van der Waals surface area contributed by atoms with Gasteiger partial charge in [0.05, 0.1) is 5.57 Å². The van der Waals surface area contributed by atoms with E-state index >= 15 is 8.63 Å². The maximum absolute atomic E-state index is 15.7. The fourth-order valence-electron chi connectivity index (χ4n) is 4.99. The maximum Gasteiger partial charge on any atom is 0.737 e. The molecule has 0 bridgehead atoms. The lowest BCUT2D eigenvalue weighted by Gasteiger charge is -2.34. The van der Waals surface area contributed by atoms with Crippen LogP contribution in [0.1, 0.15) is 36.4 Å². The average Bonchev–Trinajstić information content (AvgIpc) is 3.18. The largest absolute Gasteiger partial charge is 0.737 e. The number of aryl methyl sites for hydroxylation is 2. The van der Waals surface area contributed by atoms with Crippen molar-refractivity contribution in [1.82, 2.24) is 4.48 Å².